The number of ether oxygens (including phenoxy) is 2. The molecule has 1 aromatic rings. The van der Waals surface area contributed by atoms with E-state index >= 15 is 0 Å². The number of nitrogens with zero attached hydrogens (tertiary/aromatic N) is 1. The van der Waals surface area contributed by atoms with Gasteiger partial charge < -0.3 is 9.47 Å². The van der Waals surface area contributed by atoms with Crippen LogP contribution in [0.4, 0.5) is 5.69 Å². The zero-order valence-electron chi connectivity index (χ0n) is 9.94. The van der Waals surface area contributed by atoms with Gasteiger partial charge in [-0.05, 0) is 24.1 Å². The standard InChI is InChI=1S/C11H12ClNO5/c1-3-4-18-10-8(13(15)16)5-7(11(12)14)6-9(10)17-2/h5-6H,3-4H2,1-2H3. The maximum absolute atomic E-state index is 11.1. The fourth-order valence-corrected chi connectivity index (χ4v) is 1.45. The average Bonchev–Trinajstić information content (AvgIpc) is 2.34. The summed E-state index contributed by atoms with van der Waals surface area (Å²) < 4.78 is 10.3. The minimum absolute atomic E-state index is 0.00557. The zero-order chi connectivity index (χ0) is 13.7. The Balaban J connectivity index is 3.36. The smallest absolute Gasteiger partial charge is 0.315 e. The van der Waals surface area contributed by atoms with Crippen molar-refractivity contribution in [2.45, 2.75) is 13.3 Å². The van der Waals surface area contributed by atoms with Crippen LogP contribution in [0.2, 0.25) is 0 Å². The highest BCUT2D eigenvalue weighted by molar-refractivity contribution is 6.67. The van der Waals surface area contributed by atoms with Crippen molar-refractivity contribution in [2.24, 2.45) is 0 Å². The number of halogens is 1. The number of hydrogen-bond acceptors (Lipinski definition) is 5. The van der Waals surface area contributed by atoms with Gasteiger partial charge in [-0.1, -0.05) is 6.92 Å². The minimum Gasteiger partial charge on any atom is -0.493 e. The molecule has 1 aromatic carbocycles. The SMILES string of the molecule is CCCOc1c(OC)cc(C(=O)Cl)cc1[N+](=O)[O-]. The van der Waals surface area contributed by atoms with E-state index in [9.17, 15) is 14.9 Å². The lowest BCUT2D eigenvalue weighted by Gasteiger charge is -2.11. The van der Waals surface area contributed by atoms with Gasteiger partial charge in [0.1, 0.15) is 0 Å². The monoisotopic (exact) mass is 273 g/mol. The third-order valence-electron chi connectivity index (χ3n) is 2.13. The summed E-state index contributed by atoms with van der Waals surface area (Å²) in [6, 6.07) is 2.39. The Morgan fingerprint density at radius 3 is 2.61 bits per heavy atom. The van der Waals surface area contributed by atoms with Crippen molar-refractivity contribution in [1.29, 1.82) is 0 Å². The van der Waals surface area contributed by atoms with Crippen molar-refractivity contribution in [3.8, 4) is 11.5 Å². The summed E-state index contributed by atoms with van der Waals surface area (Å²) in [7, 11) is 1.33. The van der Waals surface area contributed by atoms with Crippen molar-refractivity contribution in [3.05, 3.63) is 27.8 Å². The van der Waals surface area contributed by atoms with Gasteiger partial charge in [0, 0.05) is 11.6 Å². The fourth-order valence-electron chi connectivity index (χ4n) is 1.34. The van der Waals surface area contributed by atoms with Crippen LogP contribution in [0.25, 0.3) is 0 Å². The number of nitro groups is 1. The molecule has 0 atom stereocenters. The molecule has 0 N–H and O–H groups in total. The maximum Gasteiger partial charge on any atom is 0.315 e. The minimum atomic E-state index is -0.793. The molecule has 6 nitrogen and oxygen atoms in total. The fraction of sp³-hybridized carbons (Fsp3) is 0.364. The predicted octanol–water partition coefficient (Wildman–Crippen LogP) is 2.77. The van der Waals surface area contributed by atoms with E-state index in [1.54, 1.807) is 0 Å². The summed E-state index contributed by atoms with van der Waals surface area (Å²) in [5.41, 5.74) is -0.351. The number of nitro benzene ring substituents is 1. The van der Waals surface area contributed by atoms with Gasteiger partial charge in [0.15, 0.2) is 5.75 Å². The van der Waals surface area contributed by atoms with Crippen LogP contribution in [0.1, 0.15) is 23.7 Å². The number of carbonyl (C=O) groups excluding carboxylic acids is 1. The van der Waals surface area contributed by atoms with Crippen LogP contribution in [0.3, 0.4) is 0 Å². The predicted molar refractivity (Wildman–Crippen MR) is 65.6 cm³/mol. The molecule has 0 aromatic heterocycles. The first-order chi connectivity index (χ1) is 8.51. The van der Waals surface area contributed by atoms with Crippen molar-refractivity contribution >= 4 is 22.5 Å². The van der Waals surface area contributed by atoms with E-state index in [1.165, 1.54) is 13.2 Å². The van der Waals surface area contributed by atoms with Gasteiger partial charge in [0.05, 0.1) is 18.6 Å². The maximum atomic E-state index is 11.1. The van der Waals surface area contributed by atoms with E-state index in [1.807, 2.05) is 6.92 Å². The Bertz CT molecular complexity index is 475. The van der Waals surface area contributed by atoms with Crippen molar-refractivity contribution in [2.75, 3.05) is 13.7 Å². The summed E-state index contributed by atoms with van der Waals surface area (Å²) >= 11 is 5.31. The van der Waals surface area contributed by atoms with Crippen LogP contribution in [-0.4, -0.2) is 23.9 Å². The highest BCUT2D eigenvalue weighted by Crippen LogP contribution is 2.38. The second kappa shape index (κ2) is 6.20. The summed E-state index contributed by atoms with van der Waals surface area (Å²) in [5, 5.41) is 10.2. The van der Waals surface area contributed by atoms with Crippen LogP contribution >= 0.6 is 11.6 Å². The third-order valence-corrected chi connectivity index (χ3v) is 2.35. The molecule has 0 aliphatic rings. The van der Waals surface area contributed by atoms with Crippen molar-refractivity contribution in [3.63, 3.8) is 0 Å². The Labute approximate surface area is 109 Å². The average molecular weight is 274 g/mol. The number of hydrogen-bond donors (Lipinski definition) is 0. The molecule has 7 heteroatoms. The Morgan fingerprint density at radius 2 is 2.17 bits per heavy atom. The lowest BCUT2D eigenvalue weighted by molar-refractivity contribution is -0.386. The molecule has 0 fully saturated rings. The molecule has 0 spiro atoms. The van der Waals surface area contributed by atoms with Crippen LogP contribution in [-0.2, 0) is 0 Å². The van der Waals surface area contributed by atoms with Gasteiger partial charge in [0.2, 0.25) is 5.75 Å². The lowest BCUT2D eigenvalue weighted by Crippen LogP contribution is -2.03. The van der Waals surface area contributed by atoms with Crippen molar-refractivity contribution < 1.29 is 19.2 Å². The Kier molecular flexibility index (Phi) is 4.91. The van der Waals surface area contributed by atoms with Gasteiger partial charge in [0.25, 0.3) is 5.24 Å². The van der Waals surface area contributed by atoms with E-state index in [0.717, 1.165) is 6.07 Å². The third kappa shape index (κ3) is 3.10. The summed E-state index contributed by atoms with van der Waals surface area (Å²) in [6.45, 7) is 2.18. The second-order valence-corrected chi connectivity index (χ2v) is 3.75. The van der Waals surface area contributed by atoms with Gasteiger partial charge >= 0.3 is 5.69 Å². The first-order valence-electron chi connectivity index (χ1n) is 5.20. The molecular formula is C11H12ClNO5. The number of methoxy groups -OCH3 is 1. The van der Waals surface area contributed by atoms with Gasteiger partial charge in [-0.2, -0.15) is 0 Å². The van der Waals surface area contributed by atoms with Crippen LogP contribution in [0, 0.1) is 10.1 Å². The number of benzene rings is 1. The molecule has 0 unspecified atom stereocenters. The second-order valence-electron chi connectivity index (χ2n) is 3.41. The molecule has 0 amide bonds. The zero-order valence-corrected chi connectivity index (χ0v) is 10.7. The molecule has 0 aliphatic heterocycles. The number of rotatable bonds is 6. The highest BCUT2D eigenvalue weighted by Gasteiger charge is 2.23. The lowest BCUT2D eigenvalue weighted by atomic mass is 10.2. The van der Waals surface area contributed by atoms with Crippen molar-refractivity contribution in [1.82, 2.24) is 0 Å². The topological polar surface area (TPSA) is 78.7 Å². The first-order valence-corrected chi connectivity index (χ1v) is 5.58. The molecular weight excluding hydrogens is 262 g/mol. The highest BCUT2D eigenvalue weighted by atomic mass is 35.5. The van der Waals surface area contributed by atoms with E-state index < -0.39 is 10.2 Å². The van der Waals surface area contributed by atoms with Crippen LogP contribution in [0.15, 0.2) is 12.1 Å². The van der Waals surface area contributed by atoms with Crippen LogP contribution < -0.4 is 9.47 Å². The molecule has 18 heavy (non-hydrogen) atoms. The molecule has 0 aliphatic carbocycles. The van der Waals surface area contributed by atoms with Gasteiger partial charge in [-0.3, -0.25) is 14.9 Å². The summed E-state index contributed by atoms with van der Waals surface area (Å²) in [4.78, 5) is 21.4. The van der Waals surface area contributed by atoms with E-state index in [-0.39, 0.29) is 22.7 Å². The normalized spacial score (nSPS) is 9.94. The van der Waals surface area contributed by atoms with Gasteiger partial charge in [-0.15, -0.1) is 0 Å². The molecule has 0 radical (unpaired) electrons. The quantitative estimate of drug-likeness (QED) is 0.452. The Hall–Kier alpha value is -1.82. The number of carbonyl (C=O) groups is 1. The van der Waals surface area contributed by atoms with E-state index in [0.29, 0.717) is 13.0 Å². The van der Waals surface area contributed by atoms with Crippen LogP contribution in [0.5, 0.6) is 11.5 Å². The molecule has 1 rings (SSSR count). The molecule has 0 bridgehead atoms. The van der Waals surface area contributed by atoms with E-state index in [4.69, 9.17) is 21.1 Å². The molecule has 0 saturated heterocycles. The molecule has 0 saturated carbocycles. The first kappa shape index (κ1) is 14.2. The molecule has 0 heterocycles. The molecule has 98 valence electrons. The largest absolute Gasteiger partial charge is 0.493 e. The summed E-state index contributed by atoms with van der Waals surface area (Å²) in [5.74, 6) is 0.118. The van der Waals surface area contributed by atoms with E-state index in [2.05, 4.69) is 0 Å². The van der Waals surface area contributed by atoms with Gasteiger partial charge in [-0.25, -0.2) is 0 Å². The summed E-state index contributed by atoms with van der Waals surface area (Å²) in [6.07, 6.45) is 0.691. The Morgan fingerprint density at radius 1 is 1.50 bits per heavy atom.